The van der Waals surface area contributed by atoms with E-state index in [4.69, 9.17) is 0 Å². The summed E-state index contributed by atoms with van der Waals surface area (Å²) in [6, 6.07) is 16.4. The summed E-state index contributed by atoms with van der Waals surface area (Å²) in [5.41, 5.74) is 3.03. The molecule has 0 aliphatic carbocycles. The van der Waals surface area contributed by atoms with E-state index in [1.165, 1.54) is 6.07 Å². The van der Waals surface area contributed by atoms with Crippen molar-refractivity contribution >= 4 is 21.8 Å². The van der Waals surface area contributed by atoms with Crippen molar-refractivity contribution in [2.45, 2.75) is 25.3 Å². The number of rotatable bonds is 4. The van der Waals surface area contributed by atoms with Crippen LogP contribution in [0.15, 0.2) is 59.1 Å². The molecular weight excluding hydrogens is 409 g/mol. The molecule has 1 aliphatic heterocycles. The summed E-state index contributed by atoms with van der Waals surface area (Å²) in [7, 11) is 0. The first-order valence-electron chi connectivity index (χ1n) is 8.98. The number of nitrogens with zero attached hydrogens (tertiary/aromatic N) is 2. The highest BCUT2D eigenvalue weighted by atomic mass is 79.9. The number of carbonyl (C=O) groups excluding carboxylic acids is 1. The van der Waals surface area contributed by atoms with Crippen molar-refractivity contribution in [2.24, 2.45) is 0 Å². The second-order valence-electron chi connectivity index (χ2n) is 6.76. The number of hydrogen-bond acceptors (Lipinski definition) is 2. The second kappa shape index (κ2) is 7.64. The van der Waals surface area contributed by atoms with Crippen LogP contribution >= 0.6 is 15.9 Å². The molecule has 1 aliphatic rings. The molecule has 1 atom stereocenters. The molecule has 1 N–H and O–H groups in total. The van der Waals surface area contributed by atoms with Crippen molar-refractivity contribution in [3.8, 4) is 11.3 Å². The highest BCUT2D eigenvalue weighted by Gasteiger charge is 2.32. The zero-order valence-corrected chi connectivity index (χ0v) is 16.2. The molecule has 0 saturated carbocycles. The predicted molar refractivity (Wildman–Crippen MR) is 106 cm³/mol. The maximum absolute atomic E-state index is 13.5. The van der Waals surface area contributed by atoms with Gasteiger partial charge in [-0.15, -0.1) is 0 Å². The van der Waals surface area contributed by atoms with Gasteiger partial charge in [0, 0.05) is 18.2 Å². The molecular formula is C21H19BrFN3O. The fourth-order valence-corrected chi connectivity index (χ4v) is 4.23. The van der Waals surface area contributed by atoms with E-state index >= 15 is 0 Å². The third-order valence-corrected chi connectivity index (χ3v) is 5.74. The maximum Gasteiger partial charge on any atom is 0.273 e. The Morgan fingerprint density at radius 1 is 1.22 bits per heavy atom. The number of aromatic nitrogens is 2. The summed E-state index contributed by atoms with van der Waals surface area (Å²) >= 11 is 3.54. The number of aromatic amines is 1. The molecule has 27 heavy (non-hydrogen) atoms. The molecule has 6 heteroatoms. The van der Waals surface area contributed by atoms with Gasteiger partial charge in [0.25, 0.3) is 5.91 Å². The number of carbonyl (C=O) groups is 1. The van der Waals surface area contributed by atoms with Crippen LogP contribution in [0.3, 0.4) is 0 Å². The zero-order chi connectivity index (χ0) is 18.8. The fourth-order valence-electron chi connectivity index (χ4n) is 3.65. The number of likely N-dealkylation sites (tertiary alicyclic amines) is 1. The standard InChI is InChI=1S/C21H19BrFN3O/c22-18-19(15-7-2-1-3-8-15)24-25-20(18)21(27)26-11-5-10-17(26)13-14-6-4-9-16(23)12-14/h1-4,6-9,12,17H,5,10-11,13H2,(H,24,25)/t17-/m0/s1. The summed E-state index contributed by atoms with van der Waals surface area (Å²) < 4.78 is 14.2. The number of amides is 1. The molecule has 0 unspecified atom stereocenters. The number of nitrogens with one attached hydrogen (secondary N) is 1. The van der Waals surface area contributed by atoms with Crippen LogP contribution in [0.25, 0.3) is 11.3 Å². The first-order chi connectivity index (χ1) is 13.1. The van der Waals surface area contributed by atoms with Crippen molar-refractivity contribution in [3.05, 3.63) is 76.1 Å². The van der Waals surface area contributed by atoms with Crippen molar-refractivity contribution < 1.29 is 9.18 Å². The molecule has 4 nitrogen and oxygen atoms in total. The molecule has 2 heterocycles. The first-order valence-corrected chi connectivity index (χ1v) is 9.77. The third-order valence-electron chi connectivity index (χ3n) is 4.97. The van der Waals surface area contributed by atoms with Gasteiger partial charge in [-0.2, -0.15) is 5.10 Å². The van der Waals surface area contributed by atoms with Gasteiger partial charge in [-0.3, -0.25) is 9.89 Å². The van der Waals surface area contributed by atoms with Crippen LogP contribution in [0, 0.1) is 5.82 Å². The molecule has 0 radical (unpaired) electrons. The Balaban J connectivity index is 1.56. The van der Waals surface area contributed by atoms with E-state index in [1.807, 2.05) is 41.3 Å². The summed E-state index contributed by atoms with van der Waals surface area (Å²) in [5.74, 6) is -0.317. The highest BCUT2D eigenvalue weighted by Crippen LogP contribution is 2.31. The Kier molecular flexibility index (Phi) is 5.07. The quantitative estimate of drug-likeness (QED) is 0.648. The Morgan fingerprint density at radius 2 is 2.04 bits per heavy atom. The zero-order valence-electron chi connectivity index (χ0n) is 14.7. The van der Waals surface area contributed by atoms with E-state index in [0.717, 1.165) is 29.7 Å². The van der Waals surface area contributed by atoms with Gasteiger partial charge in [0.2, 0.25) is 0 Å². The Hall–Kier alpha value is -2.47. The Morgan fingerprint density at radius 3 is 2.81 bits per heavy atom. The Labute approximate surface area is 165 Å². The van der Waals surface area contributed by atoms with Gasteiger partial charge in [0.1, 0.15) is 17.2 Å². The molecule has 1 aromatic heterocycles. The van der Waals surface area contributed by atoms with E-state index in [2.05, 4.69) is 26.1 Å². The van der Waals surface area contributed by atoms with Crippen molar-refractivity contribution in [1.82, 2.24) is 15.1 Å². The number of halogens is 2. The minimum atomic E-state index is -0.243. The van der Waals surface area contributed by atoms with Crippen molar-refractivity contribution in [1.29, 1.82) is 0 Å². The lowest BCUT2D eigenvalue weighted by atomic mass is 10.0. The molecule has 3 aromatic rings. The normalized spacial score (nSPS) is 16.7. The van der Waals surface area contributed by atoms with Gasteiger partial charge in [-0.1, -0.05) is 42.5 Å². The monoisotopic (exact) mass is 427 g/mol. The van der Waals surface area contributed by atoms with E-state index in [9.17, 15) is 9.18 Å². The minimum Gasteiger partial charge on any atom is -0.334 e. The molecule has 0 spiro atoms. The van der Waals surface area contributed by atoms with Gasteiger partial charge in [-0.05, 0) is 52.9 Å². The number of H-pyrrole nitrogens is 1. The van der Waals surface area contributed by atoms with E-state index < -0.39 is 0 Å². The molecule has 1 amide bonds. The van der Waals surface area contributed by atoms with Gasteiger partial charge in [-0.25, -0.2) is 4.39 Å². The molecule has 2 aromatic carbocycles. The molecule has 4 rings (SSSR count). The average Bonchev–Trinajstić information content (AvgIpc) is 3.28. The van der Waals surface area contributed by atoms with Crippen LogP contribution in [0.5, 0.6) is 0 Å². The SMILES string of the molecule is O=C(c1[nH]nc(-c2ccccc2)c1Br)N1CCC[C@H]1Cc1cccc(F)c1. The van der Waals surface area contributed by atoms with Crippen LogP contribution in [-0.4, -0.2) is 33.6 Å². The Bertz CT molecular complexity index is 957. The largest absolute Gasteiger partial charge is 0.334 e. The van der Waals surface area contributed by atoms with E-state index in [-0.39, 0.29) is 17.8 Å². The smallest absolute Gasteiger partial charge is 0.273 e. The van der Waals surface area contributed by atoms with E-state index in [1.54, 1.807) is 12.1 Å². The molecule has 138 valence electrons. The number of benzene rings is 2. The van der Waals surface area contributed by atoms with Crippen molar-refractivity contribution in [2.75, 3.05) is 6.54 Å². The van der Waals surface area contributed by atoms with Gasteiger partial charge < -0.3 is 4.90 Å². The van der Waals surface area contributed by atoms with Gasteiger partial charge >= 0.3 is 0 Å². The molecule has 1 saturated heterocycles. The molecule has 0 bridgehead atoms. The van der Waals surface area contributed by atoms with Gasteiger partial charge in [0.15, 0.2) is 0 Å². The van der Waals surface area contributed by atoms with E-state index in [0.29, 0.717) is 23.1 Å². The van der Waals surface area contributed by atoms with Crippen LogP contribution in [0.1, 0.15) is 28.9 Å². The average molecular weight is 428 g/mol. The third kappa shape index (κ3) is 3.67. The number of hydrogen-bond donors (Lipinski definition) is 1. The van der Waals surface area contributed by atoms with Crippen LogP contribution in [-0.2, 0) is 6.42 Å². The summed E-state index contributed by atoms with van der Waals surface area (Å²) in [5, 5.41) is 7.22. The van der Waals surface area contributed by atoms with Crippen LogP contribution in [0.4, 0.5) is 4.39 Å². The summed E-state index contributed by atoms with van der Waals surface area (Å²) in [6.45, 7) is 0.699. The second-order valence-corrected chi connectivity index (χ2v) is 7.55. The molecule has 1 fully saturated rings. The van der Waals surface area contributed by atoms with Crippen LogP contribution < -0.4 is 0 Å². The lowest BCUT2D eigenvalue weighted by Gasteiger charge is -2.24. The van der Waals surface area contributed by atoms with Crippen molar-refractivity contribution in [3.63, 3.8) is 0 Å². The van der Waals surface area contributed by atoms with Gasteiger partial charge in [0.05, 0.1) is 4.47 Å². The lowest BCUT2D eigenvalue weighted by molar-refractivity contribution is 0.0729. The predicted octanol–water partition coefficient (Wildman–Crippen LogP) is 4.83. The summed E-state index contributed by atoms with van der Waals surface area (Å²) in [6.07, 6.45) is 2.52. The minimum absolute atomic E-state index is 0.0645. The topological polar surface area (TPSA) is 49.0 Å². The maximum atomic E-state index is 13.5. The lowest BCUT2D eigenvalue weighted by Crippen LogP contribution is -2.37. The summed E-state index contributed by atoms with van der Waals surface area (Å²) in [4.78, 5) is 15.0. The van der Waals surface area contributed by atoms with Crippen LogP contribution in [0.2, 0.25) is 0 Å². The first kappa shape index (κ1) is 17.9. The highest BCUT2D eigenvalue weighted by molar-refractivity contribution is 9.10. The fraction of sp³-hybridized carbons (Fsp3) is 0.238.